The normalized spacial score (nSPS) is 16.6. The molecule has 1 saturated heterocycles. The van der Waals surface area contributed by atoms with Gasteiger partial charge in [0.25, 0.3) is 0 Å². The van der Waals surface area contributed by atoms with Gasteiger partial charge >= 0.3 is 0 Å². The van der Waals surface area contributed by atoms with Crippen molar-refractivity contribution in [3.8, 4) is 0 Å². The Morgan fingerprint density at radius 1 is 1.29 bits per heavy atom. The van der Waals surface area contributed by atoms with Crippen molar-refractivity contribution in [3.05, 3.63) is 58.9 Å². The summed E-state index contributed by atoms with van der Waals surface area (Å²) in [5, 5.41) is 0.603. The van der Waals surface area contributed by atoms with Crippen LogP contribution in [0.25, 0.3) is 10.2 Å². The van der Waals surface area contributed by atoms with E-state index < -0.39 is 0 Å². The fourth-order valence-electron chi connectivity index (χ4n) is 3.58. The number of rotatable bonds is 5. The molecule has 1 amide bonds. The molecular weight excluding hydrogens is 375 g/mol. The van der Waals surface area contributed by atoms with Crippen LogP contribution in [0.15, 0.2) is 36.4 Å². The van der Waals surface area contributed by atoms with Crippen molar-refractivity contribution in [1.82, 2.24) is 4.98 Å². The van der Waals surface area contributed by atoms with Crippen LogP contribution >= 0.6 is 11.3 Å². The van der Waals surface area contributed by atoms with Gasteiger partial charge in [-0.25, -0.2) is 9.37 Å². The lowest BCUT2D eigenvalue weighted by Crippen LogP contribution is -2.38. The summed E-state index contributed by atoms with van der Waals surface area (Å²) >= 11 is 1.35. The average molecular weight is 399 g/mol. The highest BCUT2D eigenvalue weighted by Gasteiger charge is 2.26. The number of amides is 1. The van der Waals surface area contributed by atoms with Gasteiger partial charge in [-0.05, 0) is 56.0 Å². The summed E-state index contributed by atoms with van der Waals surface area (Å²) in [5.74, 6) is -0.308. The highest BCUT2D eigenvalue weighted by atomic mass is 32.1. The van der Waals surface area contributed by atoms with Gasteiger partial charge in [-0.3, -0.25) is 9.69 Å². The quantitative estimate of drug-likeness (QED) is 0.620. The van der Waals surface area contributed by atoms with Gasteiger partial charge in [0.1, 0.15) is 5.82 Å². The molecule has 146 valence electrons. The van der Waals surface area contributed by atoms with Gasteiger partial charge < -0.3 is 4.74 Å². The van der Waals surface area contributed by atoms with Crippen LogP contribution in [0.3, 0.4) is 0 Å². The Bertz CT molecular complexity index is 1010. The first kappa shape index (κ1) is 19.0. The lowest BCUT2D eigenvalue weighted by Gasteiger charge is -2.23. The second-order valence-corrected chi connectivity index (χ2v) is 8.36. The minimum atomic E-state index is -0.296. The van der Waals surface area contributed by atoms with Crippen LogP contribution in [0.1, 0.15) is 29.5 Å². The molecule has 0 bridgehead atoms. The summed E-state index contributed by atoms with van der Waals surface area (Å²) in [7, 11) is 0. The molecule has 4 rings (SSSR count). The van der Waals surface area contributed by atoms with Crippen molar-refractivity contribution in [3.63, 3.8) is 0 Å². The molecule has 1 fully saturated rings. The Morgan fingerprint density at radius 2 is 2.14 bits per heavy atom. The number of nitrogens with zero attached hydrogens (tertiary/aromatic N) is 2. The predicted molar refractivity (Wildman–Crippen MR) is 111 cm³/mol. The molecule has 0 aliphatic carbocycles. The molecule has 1 unspecified atom stereocenters. The van der Waals surface area contributed by atoms with Gasteiger partial charge in [0.2, 0.25) is 5.91 Å². The number of halogens is 1. The van der Waals surface area contributed by atoms with Crippen LogP contribution in [-0.2, 0) is 16.0 Å². The zero-order valence-corrected chi connectivity index (χ0v) is 16.9. The predicted octanol–water partition coefficient (Wildman–Crippen LogP) is 4.81. The zero-order chi connectivity index (χ0) is 19.7. The second kappa shape index (κ2) is 7.97. The summed E-state index contributed by atoms with van der Waals surface area (Å²) in [6, 6.07) is 10.7. The Balaban J connectivity index is 1.64. The molecule has 0 spiro atoms. The van der Waals surface area contributed by atoms with Crippen LogP contribution < -0.4 is 4.90 Å². The first-order chi connectivity index (χ1) is 13.5. The number of benzene rings is 2. The fourth-order valence-corrected chi connectivity index (χ4v) is 4.60. The number of hydrogen-bond donors (Lipinski definition) is 0. The summed E-state index contributed by atoms with van der Waals surface area (Å²) < 4.78 is 20.1. The van der Waals surface area contributed by atoms with Gasteiger partial charge in [-0.1, -0.05) is 35.1 Å². The van der Waals surface area contributed by atoms with E-state index in [1.54, 1.807) is 11.0 Å². The summed E-state index contributed by atoms with van der Waals surface area (Å²) in [6.07, 6.45) is 2.27. The molecule has 0 N–H and O–H groups in total. The molecule has 28 heavy (non-hydrogen) atoms. The number of anilines is 1. The number of ether oxygens (including phenoxy) is 1. The number of aryl methyl sites for hydroxylation is 2. The highest BCUT2D eigenvalue weighted by molar-refractivity contribution is 7.22. The number of thiazole rings is 1. The van der Waals surface area contributed by atoms with E-state index in [1.165, 1.54) is 29.0 Å². The topological polar surface area (TPSA) is 42.4 Å². The van der Waals surface area contributed by atoms with Crippen LogP contribution in [-0.4, -0.2) is 30.1 Å². The molecule has 1 aromatic heterocycles. The Kier molecular flexibility index (Phi) is 5.42. The second-order valence-electron chi connectivity index (χ2n) is 7.35. The molecule has 1 aliphatic rings. The number of carbonyl (C=O) groups excluding carboxylic acids is 1. The molecular formula is C22H23FN2O2S. The number of hydrogen-bond acceptors (Lipinski definition) is 4. The third-order valence-corrected chi connectivity index (χ3v) is 6.16. The summed E-state index contributed by atoms with van der Waals surface area (Å²) in [4.78, 5) is 19.6. The molecule has 3 aromatic rings. The fraction of sp³-hybridized carbons (Fsp3) is 0.364. The Hall–Kier alpha value is -2.31. The van der Waals surface area contributed by atoms with Crippen LogP contribution in [0.5, 0.6) is 0 Å². The Labute approximate surface area is 168 Å². The summed E-state index contributed by atoms with van der Waals surface area (Å²) in [6.45, 7) is 5.28. The van der Waals surface area contributed by atoms with Gasteiger partial charge in [0, 0.05) is 6.61 Å². The van der Waals surface area contributed by atoms with Gasteiger partial charge in [-0.15, -0.1) is 0 Å². The third-order valence-electron chi connectivity index (χ3n) is 5.12. The van der Waals surface area contributed by atoms with Crippen molar-refractivity contribution in [1.29, 1.82) is 0 Å². The monoisotopic (exact) mass is 398 g/mol. The lowest BCUT2D eigenvalue weighted by molar-refractivity contribution is -0.118. The Morgan fingerprint density at radius 3 is 2.89 bits per heavy atom. The maximum absolute atomic E-state index is 13.6. The van der Waals surface area contributed by atoms with Gasteiger partial charge in [0.05, 0.1) is 29.3 Å². The van der Waals surface area contributed by atoms with E-state index in [1.807, 2.05) is 26.0 Å². The summed E-state index contributed by atoms with van der Waals surface area (Å²) in [5.41, 5.74) is 4.01. The van der Waals surface area contributed by atoms with E-state index in [-0.39, 0.29) is 17.8 Å². The number of carbonyl (C=O) groups is 1. The molecule has 6 heteroatoms. The maximum atomic E-state index is 13.6. The van der Waals surface area contributed by atoms with Crippen molar-refractivity contribution in [2.45, 2.75) is 39.2 Å². The number of fused-ring (bicyclic) bond motifs is 1. The molecule has 2 aromatic carbocycles. The minimum Gasteiger partial charge on any atom is -0.376 e. The first-order valence-electron chi connectivity index (χ1n) is 9.54. The maximum Gasteiger partial charge on any atom is 0.233 e. The molecule has 1 atom stereocenters. The molecule has 0 radical (unpaired) electrons. The first-order valence-corrected chi connectivity index (χ1v) is 10.4. The van der Waals surface area contributed by atoms with Crippen molar-refractivity contribution in [2.75, 3.05) is 18.1 Å². The van der Waals surface area contributed by atoms with E-state index in [0.717, 1.165) is 35.3 Å². The van der Waals surface area contributed by atoms with Crippen molar-refractivity contribution < 1.29 is 13.9 Å². The number of aromatic nitrogens is 1. The highest BCUT2D eigenvalue weighted by Crippen LogP contribution is 2.31. The van der Waals surface area contributed by atoms with E-state index in [9.17, 15) is 9.18 Å². The van der Waals surface area contributed by atoms with E-state index >= 15 is 0 Å². The van der Waals surface area contributed by atoms with Crippen LogP contribution in [0.4, 0.5) is 9.52 Å². The SMILES string of the molecule is Cc1ccc(CC(=O)N(CC2CCCO2)c2nc3ccc(F)cc3s2)c(C)c1. The smallest absolute Gasteiger partial charge is 0.233 e. The largest absolute Gasteiger partial charge is 0.376 e. The standard InChI is InChI=1S/C22H23FN2O2S/c1-14-5-6-16(15(2)10-14)11-21(26)25(13-18-4-3-9-27-18)22-24-19-8-7-17(23)12-20(19)28-22/h5-8,10,12,18H,3-4,9,11,13H2,1-2H3. The lowest BCUT2D eigenvalue weighted by atomic mass is 10.0. The molecule has 1 aliphatic heterocycles. The zero-order valence-electron chi connectivity index (χ0n) is 16.1. The van der Waals surface area contributed by atoms with Crippen molar-refractivity contribution in [2.24, 2.45) is 0 Å². The van der Waals surface area contributed by atoms with Crippen LogP contribution in [0, 0.1) is 19.7 Å². The van der Waals surface area contributed by atoms with E-state index in [0.29, 0.717) is 23.6 Å². The third kappa shape index (κ3) is 4.08. The van der Waals surface area contributed by atoms with Gasteiger partial charge in [-0.2, -0.15) is 0 Å². The minimum absolute atomic E-state index is 0.0121. The van der Waals surface area contributed by atoms with E-state index in [2.05, 4.69) is 11.1 Å². The van der Waals surface area contributed by atoms with E-state index in [4.69, 9.17) is 4.74 Å². The average Bonchev–Trinajstić information content (AvgIpc) is 3.30. The molecule has 2 heterocycles. The van der Waals surface area contributed by atoms with Gasteiger partial charge in [0.15, 0.2) is 5.13 Å². The van der Waals surface area contributed by atoms with Crippen molar-refractivity contribution >= 4 is 32.6 Å². The molecule has 4 nitrogen and oxygen atoms in total. The van der Waals surface area contributed by atoms with Crippen LogP contribution in [0.2, 0.25) is 0 Å². The molecule has 0 saturated carbocycles.